The molecule has 0 saturated heterocycles. The number of aromatic nitrogens is 2. The van der Waals surface area contributed by atoms with Crippen molar-refractivity contribution in [3.05, 3.63) is 96.4 Å². The molecular formula is C24H24N4O3S. The summed E-state index contributed by atoms with van der Waals surface area (Å²) < 4.78 is 29.7. The molecule has 0 atom stereocenters. The van der Waals surface area contributed by atoms with Gasteiger partial charge in [-0.05, 0) is 49.4 Å². The minimum absolute atomic E-state index is 0.0798. The number of rotatable bonds is 8. The van der Waals surface area contributed by atoms with E-state index in [4.69, 9.17) is 0 Å². The van der Waals surface area contributed by atoms with Crippen molar-refractivity contribution in [2.45, 2.75) is 18.2 Å². The third-order valence-electron chi connectivity index (χ3n) is 5.10. The Labute approximate surface area is 187 Å². The molecule has 1 amide bonds. The first-order chi connectivity index (χ1) is 15.5. The van der Waals surface area contributed by atoms with Gasteiger partial charge < -0.3 is 9.72 Å². The Morgan fingerprint density at radius 1 is 1.03 bits per heavy atom. The number of nitrogens with one attached hydrogen (secondary N) is 1. The van der Waals surface area contributed by atoms with E-state index in [9.17, 15) is 13.2 Å². The van der Waals surface area contributed by atoms with Gasteiger partial charge in [-0.15, -0.1) is 0 Å². The van der Waals surface area contributed by atoms with Crippen molar-refractivity contribution in [1.29, 1.82) is 0 Å². The molecule has 32 heavy (non-hydrogen) atoms. The van der Waals surface area contributed by atoms with Crippen LogP contribution in [-0.4, -0.2) is 36.8 Å². The summed E-state index contributed by atoms with van der Waals surface area (Å²) in [6.07, 6.45) is 4.42. The van der Waals surface area contributed by atoms with Crippen LogP contribution in [0.4, 0.5) is 5.69 Å². The minimum atomic E-state index is -3.80. The van der Waals surface area contributed by atoms with Crippen LogP contribution in [0.25, 0.3) is 5.65 Å². The summed E-state index contributed by atoms with van der Waals surface area (Å²) in [6.45, 7) is 2.45. The second-order valence-electron chi connectivity index (χ2n) is 7.24. The number of imidazole rings is 1. The van der Waals surface area contributed by atoms with Crippen molar-refractivity contribution >= 4 is 27.3 Å². The van der Waals surface area contributed by atoms with Gasteiger partial charge in [0.25, 0.3) is 15.9 Å². The highest BCUT2D eigenvalue weighted by molar-refractivity contribution is 7.92. The predicted molar refractivity (Wildman–Crippen MR) is 124 cm³/mol. The largest absolute Gasteiger partial charge is 0.352 e. The summed E-state index contributed by atoms with van der Waals surface area (Å²) in [6, 6.07) is 20.8. The summed E-state index contributed by atoms with van der Waals surface area (Å²) in [7, 11) is -3.80. The highest BCUT2D eigenvalue weighted by atomic mass is 32.2. The van der Waals surface area contributed by atoms with Gasteiger partial charge in [0.1, 0.15) is 5.65 Å². The van der Waals surface area contributed by atoms with E-state index in [-0.39, 0.29) is 17.3 Å². The fourth-order valence-corrected chi connectivity index (χ4v) is 5.04. The zero-order valence-electron chi connectivity index (χ0n) is 17.7. The molecule has 2 heterocycles. The van der Waals surface area contributed by atoms with Gasteiger partial charge in [-0.3, -0.25) is 9.10 Å². The van der Waals surface area contributed by atoms with Crippen LogP contribution in [0.1, 0.15) is 23.0 Å². The molecule has 2 aromatic carbocycles. The molecule has 0 spiro atoms. The van der Waals surface area contributed by atoms with Crippen molar-refractivity contribution in [2.75, 3.05) is 17.4 Å². The molecule has 1 N–H and O–H groups in total. The maximum atomic E-state index is 13.2. The van der Waals surface area contributed by atoms with Crippen LogP contribution in [0, 0.1) is 0 Å². The van der Waals surface area contributed by atoms with Gasteiger partial charge in [-0.2, -0.15) is 0 Å². The Morgan fingerprint density at radius 3 is 2.56 bits per heavy atom. The van der Waals surface area contributed by atoms with Crippen LogP contribution in [0.2, 0.25) is 0 Å². The molecule has 0 saturated carbocycles. The monoisotopic (exact) mass is 448 g/mol. The zero-order chi connectivity index (χ0) is 22.6. The number of para-hydroxylation sites is 1. The Bertz CT molecular complexity index is 1300. The standard InChI is InChI=1S/C24H24N4O3S/c1-2-28(21-10-4-3-5-11-21)32(30,31)22-12-8-9-19(17-22)24(29)25-15-14-20-18-27-16-7-6-13-23(27)26-20/h3-13,16-18H,2,14-15H2,1H3,(H,25,29). The van der Waals surface area contributed by atoms with Crippen molar-refractivity contribution < 1.29 is 13.2 Å². The Balaban J connectivity index is 1.46. The third-order valence-corrected chi connectivity index (χ3v) is 7.00. The average Bonchev–Trinajstić information content (AvgIpc) is 3.23. The van der Waals surface area contributed by atoms with Crippen LogP contribution >= 0.6 is 0 Å². The first kappa shape index (κ1) is 21.6. The van der Waals surface area contributed by atoms with E-state index in [1.165, 1.54) is 16.4 Å². The number of hydrogen-bond donors (Lipinski definition) is 1. The number of fused-ring (bicyclic) bond motifs is 1. The van der Waals surface area contributed by atoms with Crippen molar-refractivity contribution in [3.8, 4) is 0 Å². The van der Waals surface area contributed by atoms with Gasteiger partial charge in [0.05, 0.1) is 16.3 Å². The van der Waals surface area contributed by atoms with Gasteiger partial charge in [0.2, 0.25) is 0 Å². The number of nitrogens with zero attached hydrogens (tertiary/aromatic N) is 3. The van der Waals surface area contributed by atoms with E-state index >= 15 is 0 Å². The van der Waals surface area contributed by atoms with Crippen LogP contribution in [-0.2, 0) is 16.4 Å². The molecular weight excluding hydrogens is 424 g/mol. The smallest absolute Gasteiger partial charge is 0.264 e. The van der Waals surface area contributed by atoms with Crippen LogP contribution < -0.4 is 9.62 Å². The molecule has 4 aromatic rings. The van der Waals surface area contributed by atoms with E-state index in [1.54, 1.807) is 43.3 Å². The maximum Gasteiger partial charge on any atom is 0.264 e. The van der Waals surface area contributed by atoms with Crippen LogP contribution in [0.5, 0.6) is 0 Å². The van der Waals surface area contributed by atoms with E-state index in [1.807, 2.05) is 41.1 Å². The number of sulfonamides is 1. The molecule has 0 aliphatic heterocycles. The minimum Gasteiger partial charge on any atom is -0.352 e. The summed E-state index contributed by atoms with van der Waals surface area (Å²) in [5.41, 5.74) is 2.60. The summed E-state index contributed by atoms with van der Waals surface area (Å²) in [4.78, 5) is 17.2. The lowest BCUT2D eigenvalue weighted by atomic mass is 10.2. The zero-order valence-corrected chi connectivity index (χ0v) is 18.5. The Kier molecular flexibility index (Phi) is 6.23. The first-order valence-corrected chi connectivity index (χ1v) is 11.8. The van der Waals surface area contributed by atoms with E-state index in [0.29, 0.717) is 24.2 Å². The molecule has 4 rings (SSSR count). The molecule has 2 aromatic heterocycles. The number of hydrogen-bond acceptors (Lipinski definition) is 4. The molecule has 0 radical (unpaired) electrons. The lowest BCUT2D eigenvalue weighted by Gasteiger charge is -2.23. The molecule has 0 aliphatic rings. The quantitative estimate of drug-likeness (QED) is 0.447. The fourth-order valence-electron chi connectivity index (χ4n) is 3.52. The van der Waals surface area contributed by atoms with E-state index in [0.717, 1.165) is 11.3 Å². The number of pyridine rings is 1. The lowest BCUT2D eigenvalue weighted by Crippen LogP contribution is -2.31. The fraction of sp³-hybridized carbons (Fsp3) is 0.167. The summed E-state index contributed by atoms with van der Waals surface area (Å²) in [5, 5.41) is 2.85. The summed E-state index contributed by atoms with van der Waals surface area (Å²) in [5.74, 6) is -0.325. The number of carbonyl (C=O) groups is 1. The Morgan fingerprint density at radius 2 is 1.81 bits per heavy atom. The Hall–Kier alpha value is -3.65. The highest BCUT2D eigenvalue weighted by Crippen LogP contribution is 2.23. The van der Waals surface area contributed by atoms with Gasteiger partial charge in [-0.25, -0.2) is 13.4 Å². The van der Waals surface area contributed by atoms with Gasteiger partial charge in [0.15, 0.2) is 0 Å². The van der Waals surface area contributed by atoms with Crippen molar-refractivity contribution in [2.24, 2.45) is 0 Å². The summed E-state index contributed by atoms with van der Waals surface area (Å²) >= 11 is 0. The predicted octanol–water partition coefficient (Wildman–Crippen LogP) is 3.52. The second kappa shape index (κ2) is 9.23. The topological polar surface area (TPSA) is 83.8 Å². The molecule has 0 bridgehead atoms. The van der Waals surface area contributed by atoms with Gasteiger partial charge in [-0.1, -0.05) is 30.3 Å². The SMILES string of the molecule is CCN(c1ccccc1)S(=O)(=O)c1cccc(C(=O)NCCc2cn3ccccc3n2)c1. The highest BCUT2D eigenvalue weighted by Gasteiger charge is 2.24. The number of anilines is 1. The first-order valence-electron chi connectivity index (χ1n) is 10.4. The lowest BCUT2D eigenvalue weighted by molar-refractivity contribution is 0.0954. The van der Waals surface area contributed by atoms with Crippen molar-refractivity contribution in [3.63, 3.8) is 0 Å². The molecule has 8 heteroatoms. The molecule has 7 nitrogen and oxygen atoms in total. The number of carbonyl (C=O) groups excluding carboxylic acids is 1. The maximum absolute atomic E-state index is 13.2. The molecule has 0 fully saturated rings. The van der Waals surface area contributed by atoms with Gasteiger partial charge in [0, 0.05) is 37.5 Å². The van der Waals surface area contributed by atoms with Crippen LogP contribution in [0.3, 0.4) is 0 Å². The van der Waals surface area contributed by atoms with Crippen LogP contribution in [0.15, 0.2) is 90.1 Å². The van der Waals surface area contributed by atoms with Gasteiger partial charge >= 0.3 is 0 Å². The number of benzene rings is 2. The normalized spacial score (nSPS) is 11.4. The molecule has 0 unspecified atom stereocenters. The molecule has 0 aliphatic carbocycles. The average molecular weight is 449 g/mol. The second-order valence-corrected chi connectivity index (χ2v) is 9.10. The van der Waals surface area contributed by atoms with Crippen molar-refractivity contribution in [1.82, 2.24) is 14.7 Å². The van der Waals surface area contributed by atoms with E-state index in [2.05, 4.69) is 10.3 Å². The molecule has 164 valence electrons. The van der Waals surface area contributed by atoms with E-state index < -0.39 is 10.0 Å². The number of amides is 1. The third kappa shape index (κ3) is 4.50.